The van der Waals surface area contributed by atoms with Gasteiger partial charge in [0.1, 0.15) is 0 Å². The Hall–Kier alpha value is -3.35. The largest absolute Gasteiger partial charge is 0.481 e. The number of rotatable bonds is 17. The first-order valence-electron chi connectivity index (χ1n) is 14.3. The van der Waals surface area contributed by atoms with Gasteiger partial charge in [-0.3, -0.25) is 14.4 Å². The third kappa shape index (κ3) is 20.5. The number of esters is 2. The summed E-state index contributed by atoms with van der Waals surface area (Å²) in [5.74, 6) is -3.50. The van der Waals surface area contributed by atoms with E-state index in [1.807, 2.05) is 6.92 Å². The highest BCUT2D eigenvalue weighted by atomic mass is 16.6. The van der Waals surface area contributed by atoms with Crippen molar-refractivity contribution in [3.63, 3.8) is 0 Å². The van der Waals surface area contributed by atoms with E-state index < -0.39 is 35.3 Å². The van der Waals surface area contributed by atoms with Crippen molar-refractivity contribution in [1.29, 1.82) is 0 Å². The monoisotopic (exact) mass is 600 g/mol. The fourth-order valence-corrected chi connectivity index (χ4v) is 3.30. The van der Waals surface area contributed by atoms with Crippen LogP contribution in [0.5, 0.6) is 0 Å². The third-order valence-corrected chi connectivity index (χ3v) is 6.33. The van der Waals surface area contributed by atoms with Crippen molar-refractivity contribution in [2.75, 3.05) is 19.8 Å². The van der Waals surface area contributed by atoms with Crippen LogP contribution in [0.4, 0.5) is 0 Å². The molecule has 0 radical (unpaired) electrons. The van der Waals surface area contributed by atoms with Crippen LogP contribution in [0.25, 0.3) is 0 Å². The Morgan fingerprint density at radius 3 is 1.24 bits per heavy atom. The van der Waals surface area contributed by atoms with Crippen LogP contribution in [0.15, 0.2) is 24.3 Å². The summed E-state index contributed by atoms with van der Waals surface area (Å²) in [5.41, 5.74) is 0.0509. The fraction of sp³-hybridized carbons (Fsp3) is 0.633. The molecule has 1 heterocycles. The maximum atomic E-state index is 10.8. The van der Waals surface area contributed by atoms with Gasteiger partial charge in [0, 0.05) is 24.7 Å². The van der Waals surface area contributed by atoms with Gasteiger partial charge in [0.05, 0.1) is 30.9 Å². The van der Waals surface area contributed by atoms with Crippen molar-refractivity contribution in [2.24, 2.45) is 5.41 Å². The van der Waals surface area contributed by atoms with Crippen molar-refractivity contribution in [3.05, 3.63) is 35.4 Å². The predicted molar refractivity (Wildman–Crippen MR) is 154 cm³/mol. The number of carboxylic acid groups (broad SMARTS) is 3. The number of benzene rings is 1. The van der Waals surface area contributed by atoms with Crippen LogP contribution in [0.3, 0.4) is 0 Å². The molecule has 0 fully saturated rings. The number of ether oxygens (including phenoxy) is 1. The number of carboxylic acids is 3. The van der Waals surface area contributed by atoms with E-state index >= 15 is 0 Å². The first-order chi connectivity index (χ1) is 19.9. The average Bonchev–Trinajstić information content (AvgIpc) is 3.26. The number of hydrogen-bond acceptors (Lipinski definition) is 9. The van der Waals surface area contributed by atoms with E-state index in [0.717, 1.165) is 12.8 Å². The lowest BCUT2D eigenvalue weighted by Gasteiger charge is -2.24. The second-order valence-electron chi connectivity index (χ2n) is 9.81. The molecule has 0 aliphatic carbocycles. The molecule has 6 N–H and O–H groups in total. The minimum atomic E-state index is -0.870. The number of aliphatic carboxylic acids is 3. The number of cyclic esters (lactones) is 2. The maximum absolute atomic E-state index is 10.8. The summed E-state index contributed by atoms with van der Waals surface area (Å²) in [6.07, 6.45) is 10.3. The SMILES string of the molecule is CCC(CO)(CO)CO.CCCCCCCCCC(=O)O.O=C(O)CCCCC(=O)O.O=C1OC(=O)c2ccccc21. The molecule has 0 atom stereocenters. The topological polar surface area (TPSA) is 216 Å². The molecule has 0 amide bonds. The van der Waals surface area contributed by atoms with Gasteiger partial charge in [0.2, 0.25) is 0 Å². The first kappa shape index (κ1) is 40.8. The van der Waals surface area contributed by atoms with Crippen LogP contribution in [-0.2, 0) is 19.1 Å². The highest BCUT2D eigenvalue weighted by Gasteiger charge is 2.28. The van der Waals surface area contributed by atoms with Crippen LogP contribution in [0.2, 0.25) is 0 Å². The Kier molecular flexibility index (Phi) is 24.6. The molecule has 0 spiro atoms. The molecule has 1 aromatic rings. The highest BCUT2D eigenvalue weighted by Crippen LogP contribution is 2.19. The second-order valence-corrected chi connectivity index (χ2v) is 9.81. The Bertz CT molecular complexity index is 858. The number of fused-ring (bicyclic) bond motifs is 1. The highest BCUT2D eigenvalue weighted by molar-refractivity contribution is 6.14. The number of hydrogen-bond donors (Lipinski definition) is 6. The zero-order valence-electron chi connectivity index (χ0n) is 24.8. The number of aliphatic hydroxyl groups excluding tert-OH is 3. The van der Waals surface area contributed by atoms with Gasteiger partial charge < -0.3 is 35.4 Å². The summed E-state index contributed by atoms with van der Waals surface area (Å²) in [4.78, 5) is 51.6. The number of carbonyl (C=O) groups is 5. The van der Waals surface area contributed by atoms with Gasteiger partial charge in [-0.1, -0.05) is 64.5 Å². The Morgan fingerprint density at radius 1 is 0.619 bits per heavy atom. The number of unbranched alkanes of at least 4 members (excludes halogenated alkanes) is 7. The van der Waals surface area contributed by atoms with Crippen LogP contribution in [-0.4, -0.2) is 80.3 Å². The van der Waals surface area contributed by atoms with Gasteiger partial charge in [-0.05, 0) is 37.8 Å². The smallest absolute Gasteiger partial charge is 0.346 e. The van der Waals surface area contributed by atoms with Crippen LogP contribution < -0.4 is 0 Å². The average molecular weight is 601 g/mol. The third-order valence-electron chi connectivity index (χ3n) is 6.33. The van der Waals surface area contributed by atoms with Gasteiger partial charge in [-0.2, -0.15) is 0 Å². The molecule has 42 heavy (non-hydrogen) atoms. The maximum Gasteiger partial charge on any atom is 0.346 e. The van der Waals surface area contributed by atoms with Crippen molar-refractivity contribution < 1.29 is 59.3 Å². The number of carbonyl (C=O) groups excluding carboxylic acids is 2. The first-order valence-corrected chi connectivity index (χ1v) is 14.3. The predicted octanol–water partition coefficient (Wildman–Crippen LogP) is 4.28. The van der Waals surface area contributed by atoms with E-state index in [1.54, 1.807) is 24.3 Å². The van der Waals surface area contributed by atoms with Crippen LogP contribution in [0.1, 0.15) is 118 Å². The number of aliphatic hydroxyl groups is 3. The van der Waals surface area contributed by atoms with E-state index in [4.69, 9.17) is 30.6 Å². The van der Waals surface area contributed by atoms with E-state index in [0.29, 0.717) is 36.8 Å². The minimum Gasteiger partial charge on any atom is -0.481 e. The Morgan fingerprint density at radius 2 is 0.952 bits per heavy atom. The van der Waals surface area contributed by atoms with Gasteiger partial charge in [0.15, 0.2) is 0 Å². The summed E-state index contributed by atoms with van der Waals surface area (Å²) < 4.78 is 4.35. The summed E-state index contributed by atoms with van der Waals surface area (Å²) in [7, 11) is 0. The lowest BCUT2D eigenvalue weighted by atomic mass is 9.88. The summed E-state index contributed by atoms with van der Waals surface area (Å²) >= 11 is 0. The minimum absolute atomic E-state index is 0.0628. The molecule has 0 unspecified atom stereocenters. The molecule has 1 aliphatic heterocycles. The van der Waals surface area contributed by atoms with Gasteiger partial charge in [0.25, 0.3) is 0 Å². The molecular weight excluding hydrogens is 552 g/mol. The molecule has 2 rings (SSSR count). The van der Waals surface area contributed by atoms with E-state index in [2.05, 4.69) is 11.7 Å². The normalized spacial score (nSPS) is 11.5. The molecule has 0 bridgehead atoms. The molecule has 12 nitrogen and oxygen atoms in total. The Labute approximate surface area is 247 Å². The molecule has 1 aromatic carbocycles. The summed E-state index contributed by atoms with van der Waals surface area (Å²) in [5, 5.41) is 50.6. The quantitative estimate of drug-likeness (QED) is 0.0839. The molecule has 0 aromatic heterocycles. The lowest BCUT2D eigenvalue weighted by Crippen LogP contribution is -2.32. The van der Waals surface area contributed by atoms with Gasteiger partial charge in [-0.25, -0.2) is 9.59 Å². The van der Waals surface area contributed by atoms with E-state index in [9.17, 15) is 24.0 Å². The zero-order chi connectivity index (χ0) is 32.4. The molecule has 0 saturated heterocycles. The summed E-state index contributed by atoms with van der Waals surface area (Å²) in [6.45, 7) is 3.55. The Balaban J connectivity index is 0. The summed E-state index contributed by atoms with van der Waals surface area (Å²) in [6, 6.07) is 6.53. The van der Waals surface area contributed by atoms with Crippen LogP contribution >= 0.6 is 0 Å². The van der Waals surface area contributed by atoms with Crippen molar-refractivity contribution in [3.8, 4) is 0 Å². The fourth-order valence-electron chi connectivity index (χ4n) is 3.30. The molecule has 12 heteroatoms. The standard InChI is InChI=1S/C10H20O2.C8H4O3.C6H10O4.C6H14O3/c1-2-3-4-5-6-7-8-9-10(11)12;9-7-5-3-1-2-4-6(5)8(10)11-7;7-5(8)3-1-2-4-6(9)10;1-2-6(3-7,4-8)5-9/h2-9H2,1H3,(H,11,12);1-4H;1-4H2,(H,7,8)(H,9,10);7-9H,2-5H2,1H3. The molecule has 240 valence electrons. The van der Waals surface area contributed by atoms with E-state index in [-0.39, 0.29) is 32.7 Å². The molecule has 1 aliphatic rings. The van der Waals surface area contributed by atoms with Crippen molar-refractivity contribution >= 4 is 29.8 Å². The molecular formula is C30H48O12. The van der Waals surface area contributed by atoms with Gasteiger partial charge >= 0.3 is 29.8 Å². The molecule has 0 saturated carbocycles. The lowest BCUT2D eigenvalue weighted by molar-refractivity contribution is -0.139. The van der Waals surface area contributed by atoms with E-state index in [1.165, 1.54) is 32.1 Å². The van der Waals surface area contributed by atoms with Gasteiger partial charge in [-0.15, -0.1) is 0 Å². The van der Waals surface area contributed by atoms with Crippen molar-refractivity contribution in [2.45, 2.75) is 97.3 Å². The van der Waals surface area contributed by atoms with Crippen LogP contribution in [0, 0.1) is 5.41 Å². The second kappa shape index (κ2) is 25.4. The zero-order valence-corrected chi connectivity index (χ0v) is 24.8. The van der Waals surface area contributed by atoms with Crippen molar-refractivity contribution in [1.82, 2.24) is 0 Å².